The molecule has 2 heteroatoms. The quantitative estimate of drug-likeness (QED) is 0.279. The number of unbranched alkanes of at least 4 members (excludes halogenated alkanes) is 10. The predicted molar refractivity (Wildman–Crippen MR) is 104 cm³/mol. The zero-order valence-corrected chi connectivity index (χ0v) is 16.7. The lowest BCUT2D eigenvalue weighted by Gasteiger charge is -2.17. The van der Waals surface area contributed by atoms with Gasteiger partial charge in [0, 0.05) is 13.2 Å². The molecule has 0 radical (unpaired) electrons. The summed E-state index contributed by atoms with van der Waals surface area (Å²) in [5.41, 5.74) is 0.412. The summed E-state index contributed by atoms with van der Waals surface area (Å²) >= 11 is 1.98. The van der Waals surface area contributed by atoms with Crippen molar-refractivity contribution in [2.45, 2.75) is 97.8 Å². The molecule has 1 nitrogen and oxygen atoms in total. The van der Waals surface area contributed by atoms with Gasteiger partial charge in [-0.1, -0.05) is 78.6 Å². The zero-order valence-electron chi connectivity index (χ0n) is 15.9. The molecular weight excluding hydrogens is 288 g/mol. The van der Waals surface area contributed by atoms with Crippen LogP contribution < -0.4 is 0 Å². The van der Waals surface area contributed by atoms with Crippen LogP contribution in [-0.2, 0) is 4.74 Å². The van der Waals surface area contributed by atoms with Crippen LogP contribution in [0.2, 0.25) is 0 Å². The van der Waals surface area contributed by atoms with Gasteiger partial charge in [0.2, 0.25) is 0 Å². The monoisotopic (exact) mass is 330 g/mol. The summed E-state index contributed by atoms with van der Waals surface area (Å²) in [5.74, 6) is 1.35. The standard InChI is InChI=1S/C20H42OS/c1-20(2,3)16-18-21-17-14-12-10-8-6-5-7-9-11-13-15-19-22-4/h5-19H2,1-4H3. The van der Waals surface area contributed by atoms with Crippen molar-refractivity contribution in [3.8, 4) is 0 Å². The molecule has 0 amide bonds. The third-order valence-electron chi connectivity index (χ3n) is 4.13. The van der Waals surface area contributed by atoms with Gasteiger partial charge in [-0.25, -0.2) is 0 Å². The van der Waals surface area contributed by atoms with Crippen molar-refractivity contribution in [2.24, 2.45) is 5.41 Å². The fourth-order valence-electron chi connectivity index (χ4n) is 2.52. The molecule has 0 fully saturated rings. The molecule has 0 N–H and O–H groups in total. The molecule has 0 aliphatic heterocycles. The Morgan fingerprint density at radius 2 is 1.09 bits per heavy atom. The highest BCUT2D eigenvalue weighted by atomic mass is 32.2. The molecule has 0 aliphatic rings. The summed E-state index contributed by atoms with van der Waals surface area (Å²) in [6.07, 6.45) is 18.9. The van der Waals surface area contributed by atoms with Crippen molar-refractivity contribution in [2.75, 3.05) is 25.2 Å². The van der Waals surface area contributed by atoms with Gasteiger partial charge < -0.3 is 4.74 Å². The van der Waals surface area contributed by atoms with Gasteiger partial charge >= 0.3 is 0 Å². The Morgan fingerprint density at radius 1 is 0.636 bits per heavy atom. The van der Waals surface area contributed by atoms with Gasteiger partial charge in [0.25, 0.3) is 0 Å². The van der Waals surface area contributed by atoms with E-state index in [1.807, 2.05) is 11.8 Å². The van der Waals surface area contributed by atoms with Gasteiger partial charge in [-0.15, -0.1) is 0 Å². The Labute approximate surface area is 145 Å². The van der Waals surface area contributed by atoms with Crippen molar-refractivity contribution in [1.29, 1.82) is 0 Å². The molecule has 0 saturated heterocycles. The minimum Gasteiger partial charge on any atom is -0.381 e. The maximum atomic E-state index is 5.71. The largest absolute Gasteiger partial charge is 0.381 e. The molecule has 0 spiro atoms. The van der Waals surface area contributed by atoms with E-state index in [4.69, 9.17) is 4.74 Å². The van der Waals surface area contributed by atoms with E-state index >= 15 is 0 Å². The van der Waals surface area contributed by atoms with E-state index in [1.165, 1.54) is 82.8 Å². The van der Waals surface area contributed by atoms with Crippen molar-refractivity contribution < 1.29 is 4.74 Å². The summed E-state index contributed by atoms with van der Waals surface area (Å²) in [5, 5.41) is 0. The summed E-state index contributed by atoms with van der Waals surface area (Å²) in [6.45, 7) is 8.73. The first-order valence-electron chi connectivity index (χ1n) is 9.63. The lowest BCUT2D eigenvalue weighted by molar-refractivity contribution is 0.105. The van der Waals surface area contributed by atoms with Crippen LogP contribution in [0.15, 0.2) is 0 Å². The van der Waals surface area contributed by atoms with E-state index in [9.17, 15) is 0 Å². The molecule has 0 aromatic rings. The second-order valence-electron chi connectivity index (χ2n) is 7.80. The highest BCUT2D eigenvalue weighted by molar-refractivity contribution is 7.98. The molecule has 0 rings (SSSR count). The fraction of sp³-hybridized carbons (Fsp3) is 1.00. The normalized spacial score (nSPS) is 12.0. The first kappa shape index (κ1) is 22.3. The average molecular weight is 331 g/mol. The number of thioether (sulfide) groups is 1. The van der Waals surface area contributed by atoms with Crippen LogP contribution >= 0.6 is 11.8 Å². The molecule has 0 saturated carbocycles. The van der Waals surface area contributed by atoms with Crippen LogP contribution in [0.25, 0.3) is 0 Å². The van der Waals surface area contributed by atoms with Gasteiger partial charge in [0.15, 0.2) is 0 Å². The summed E-state index contributed by atoms with van der Waals surface area (Å²) in [4.78, 5) is 0. The van der Waals surface area contributed by atoms with Gasteiger partial charge in [0.05, 0.1) is 0 Å². The van der Waals surface area contributed by atoms with Gasteiger partial charge in [-0.2, -0.15) is 11.8 Å². The number of hydrogen-bond donors (Lipinski definition) is 0. The van der Waals surface area contributed by atoms with E-state index in [0.29, 0.717) is 5.41 Å². The first-order valence-corrected chi connectivity index (χ1v) is 11.0. The second-order valence-corrected chi connectivity index (χ2v) is 8.79. The van der Waals surface area contributed by atoms with E-state index in [0.717, 1.165) is 13.2 Å². The Balaban J connectivity index is 3.00. The molecule has 0 aromatic heterocycles. The SMILES string of the molecule is CSCCCCCCCCCCCCCOCCC(C)(C)C. The highest BCUT2D eigenvalue weighted by Crippen LogP contribution is 2.18. The Hall–Kier alpha value is 0.310. The molecular formula is C20H42OS. The third-order valence-corrected chi connectivity index (χ3v) is 4.83. The average Bonchev–Trinajstić information content (AvgIpc) is 2.45. The molecule has 0 aliphatic carbocycles. The smallest absolute Gasteiger partial charge is 0.0471 e. The van der Waals surface area contributed by atoms with Crippen molar-refractivity contribution >= 4 is 11.8 Å². The van der Waals surface area contributed by atoms with Gasteiger partial charge in [-0.3, -0.25) is 0 Å². The lowest BCUT2D eigenvalue weighted by atomic mass is 9.93. The van der Waals surface area contributed by atoms with Crippen LogP contribution in [0.5, 0.6) is 0 Å². The van der Waals surface area contributed by atoms with Crippen LogP contribution in [0.3, 0.4) is 0 Å². The molecule has 0 atom stereocenters. The summed E-state index contributed by atoms with van der Waals surface area (Å²) in [7, 11) is 0. The van der Waals surface area contributed by atoms with E-state index in [-0.39, 0.29) is 0 Å². The van der Waals surface area contributed by atoms with Crippen molar-refractivity contribution in [3.05, 3.63) is 0 Å². The Bertz CT molecular complexity index is 210. The number of ether oxygens (including phenoxy) is 1. The highest BCUT2D eigenvalue weighted by Gasteiger charge is 2.08. The van der Waals surface area contributed by atoms with Crippen LogP contribution in [0, 0.1) is 5.41 Å². The molecule has 0 unspecified atom stereocenters. The van der Waals surface area contributed by atoms with Crippen LogP contribution in [-0.4, -0.2) is 25.2 Å². The number of hydrogen-bond acceptors (Lipinski definition) is 2. The third kappa shape index (κ3) is 20.3. The second kappa shape index (κ2) is 16.2. The molecule has 0 bridgehead atoms. The minimum absolute atomic E-state index is 0.412. The predicted octanol–water partition coefficient (Wildman–Crippen LogP) is 7.09. The Morgan fingerprint density at radius 3 is 1.55 bits per heavy atom. The lowest BCUT2D eigenvalue weighted by Crippen LogP contribution is -2.09. The summed E-state index contributed by atoms with van der Waals surface area (Å²) in [6, 6.07) is 0. The topological polar surface area (TPSA) is 9.23 Å². The first-order chi connectivity index (χ1) is 10.6. The molecule has 0 aromatic carbocycles. The minimum atomic E-state index is 0.412. The van der Waals surface area contributed by atoms with Gasteiger partial charge in [-0.05, 0) is 36.7 Å². The van der Waals surface area contributed by atoms with Crippen molar-refractivity contribution in [3.63, 3.8) is 0 Å². The molecule has 22 heavy (non-hydrogen) atoms. The Kier molecular flexibility index (Phi) is 16.4. The number of rotatable bonds is 16. The maximum absolute atomic E-state index is 5.71. The zero-order chi connectivity index (χ0) is 16.5. The molecule has 134 valence electrons. The van der Waals surface area contributed by atoms with E-state index < -0.39 is 0 Å². The van der Waals surface area contributed by atoms with Crippen molar-refractivity contribution in [1.82, 2.24) is 0 Å². The molecule has 0 heterocycles. The maximum Gasteiger partial charge on any atom is 0.0471 e. The van der Waals surface area contributed by atoms with E-state index in [2.05, 4.69) is 27.0 Å². The van der Waals surface area contributed by atoms with Gasteiger partial charge in [0.1, 0.15) is 0 Å². The van der Waals surface area contributed by atoms with Crippen LogP contribution in [0.4, 0.5) is 0 Å². The van der Waals surface area contributed by atoms with E-state index in [1.54, 1.807) is 0 Å². The fourth-order valence-corrected chi connectivity index (χ4v) is 3.01. The van der Waals surface area contributed by atoms with Crippen LogP contribution in [0.1, 0.15) is 97.8 Å². The summed E-state index contributed by atoms with van der Waals surface area (Å²) < 4.78 is 5.71.